The highest BCUT2D eigenvalue weighted by atomic mass is 32.1. The SMILES string of the molecule is Cc1cc(CN2CCCCC2(C)C(=O)O)c(C)s1. The van der Waals surface area contributed by atoms with Crippen molar-refractivity contribution in [2.24, 2.45) is 0 Å². The molecule has 1 N–H and O–H groups in total. The molecule has 0 saturated carbocycles. The molecule has 1 aromatic rings. The summed E-state index contributed by atoms with van der Waals surface area (Å²) in [6.07, 6.45) is 2.87. The van der Waals surface area contributed by atoms with Crippen LogP contribution in [0.2, 0.25) is 0 Å². The molecule has 1 aliphatic rings. The Morgan fingerprint density at radius 1 is 1.50 bits per heavy atom. The number of thiophene rings is 1. The quantitative estimate of drug-likeness (QED) is 0.914. The fourth-order valence-corrected chi connectivity index (χ4v) is 3.66. The van der Waals surface area contributed by atoms with E-state index in [4.69, 9.17) is 0 Å². The standard InChI is InChI=1S/C14H21NO2S/c1-10-8-12(11(2)18-10)9-15-7-5-4-6-14(15,3)13(16)17/h8H,4-7,9H2,1-3H3,(H,16,17). The number of likely N-dealkylation sites (tertiary alicyclic amines) is 1. The van der Waals surface area contributed by atoms with Gasteiger partial charge >= 0.3 is 5.97 Å². The molecule has 4 heteroatoms. The lowest BCUT2D eigenvalue weighted by Gasteiger charge is -2.41. The number of hydrogen-bond donors (Lipinski definition) is 1. The minimum atomic E-state index is -0.694. The highest BCUT2D eigenvalue weighted by Crippen LogP contribution is 2.31. The van der Waals surface area contributed by atoms with Crippen LogP contribution in [0.4, 0.5) is 0 Å². The Bertz CT molecular complexity index is 455. The molecule has 1 atom stereocenters. The molecule has 0 radical (unpaired) electrons. The molecule has 1 aromatic heterocycles. The lowest BCUT2D eigenvalue weighted by atomic mass is 9.88. The molecule has 2 rings (SSSR count). The van der Waals surface area contributed by atoms with E-state index in [1.165, 1.54) is 15.3 Å². The van der Waals surface area contributed by atoms with Gasteiger partial charge in [0.25, 0.3) is 0 Å². The van der Waals surface area contributed by atoms with Gasteiger partial charge in [-0.1, -0.05) is 0 Å². The first-order chi connectivity index (χ1) is 8.43. The van der Waals surface area contributed by atoms with Crippen LogP contribution >= 0.6 is 11.3 Å². The molecule has 3 nitrogen and oxygen atoms in total. The number of carboxylic acids is 1. The van der Waals surface area contributed by atoms with E-state index in [1.807, 2.05) is 6.92 Å². The van der Waals surface area contributed by atoms with Crippen molar-refractivity contribution in [2.45, 2.75) is 52.1 Å². The van der Waals surface area contributed by atoms with Gasteiger partial charge in [-0.3, -0.25) is 9.69 Å². The minimum absolute atomic E-state index is 0.688. The number of rotatable bonds is 3. The van der Waals surface area contributed by atoms with E-state index in [9.17, 15) is 9.90 Å². The number of piperidine rings is 1. The van der Waals surface area contributed by atoms with Crippen LogP contribution in [0.5, 0.6) is 0 Å². The van der Waals surface area contributed by atoms with Gasteiger partial charge in [0.2, 0.25) is 0 Å². The number of nitrogens with zero attached hydrogens (tertiary/aromatic N) is 1. The molecule has 2 heterocycles. The summed E-state index contributed by atoms with van der Waals surface area (Å²) in [6.45, 7) is 7.74. The zero-order valence-corrected chi connectivity index (χ0v) is 12.1. The van der Waals surface area contributed by atoms with E-state index in [-0.39, 0.29) is 0 Å². The van der Waals surface area contributed by atoms with Gasteiger partial charge in [0.05, 0.1) is 0 Å². The predicted octanol–water partition coefficient (Wildman–Crippen LogP) is 3.19. The average Bonchev–Trinajstić information content (AvgIpc) is 2.60. The Balaban J connectivity index is 2.20. The third-order valence-corrected chi connectivity index (χ3v) is 5.01. The summed E-state index contributed by atoms with van der Waals surface area (Å²) in [5.74, 6) is -0.688. The lowest BCUT2D eigenvalue weighted by Crippen LogP contribution is -2.54. The Morgan fingerprint density at radius 3 is 2.78 bits per heavy atom. The monoisotopic (exact) mass is 267 g/mol. The van der Waals surface area contributed by atoms with Crippen molar-refractivity contribution in [3.05, 3.63) is 21.4 Å². The second-order valence-corrected chi connectivity index (χ2v) is 6.86. The van der Waals surface area contributed by atoms with Gasteiger partial charge in [-0.05, 0) is 58.2 Å². The van der Waals surface area contributed by atoms with Gasteiger partial charge in [0.1, 0.15) is 5.54 Å². The van der Waals surface area contributed by atoms with Crippen molar-refractivity contribution in [2.75, 3.05) is 6.54 Å². The van der Waals surface area contributed by atoms with E-state index in [0.717, 1.165) is 32.4 Å². The topological polar surface area (TPSA) is 40.5 Å². The first-order valence-corrected chi connectivity index (χ1v) is 7.29. The molecular weight excluding hydrogens is 246 g/mol. The summed E-state index contributed by atoms with van der Waals surface area (Å²) in [5, 5.41) is 9.48. The van der Waals surface area contributed by atoms with Gasteiger partial charge < -0.3 is 5.11 Å². The molecule has 1 fully saturated rings. The molecule has 18 heavy (non-hydrogen) atoms. The van der Waals surface area contributed by atoms with Gasteiger partial charge in [-0.15, -0.1) is 11.3 Å². The Hall–Kier alpha value is -0.870. The molecule has 1 aliphatic heterocycles. The van der Waals surface area contributed by atoms with Crippen molar-refractivity contribution in [1.29, 1.82) is 0 Å². The molecule has 0 aliphatic carbocycles. The van der Waals surface area contributed by atoms with Crippen molar-refractivity contribution in [1.82, 2.24) is 4.90 Å². The van der Waals surface area contributed by atoms with Gasteiger partial charge in [0, 0.05) is 16.3 Å². The molecule has 1 unspecified atom stereocenters. The summed E-state index contributed by atoms with van der Waals surface area (Å²) in [4.78, 5) is 16.3. The Morgan fingerprint density at radius 2 is 2.22 bits per heavy atom. The van der Waals surface area contributed by atoms with Crippen LogP contribution in [0.3, 0.4) is 0 Å². The van der Waals surface area contributed by atoms with Crippen molar-refractivity contribution in [3.8, 4) is 0 Å². The maximum atomic E-state index is 11.5. The summed E-state index contributed by atoms with van der Waals surface area (Å²) >= 11 is 1.79. The smallest absolute Gasteiger partial charge is 0.323 e. The minimum Gasteiger partial charge on any atom is -0.480 e. The summed E-state index contributed by atoms with van der Waals surface area (Å²) in [5.41, 5.74) is 0.590. The maximum Gasteiger partial charge on any atom is 0.323 e. The van der Waals surface area contributed by atoms with Crippen LogP contribution in [-0.2, 0) is 11.3 Å². The van der Waals surface area contributed by atoms with Crippen LogP contribution in [0.1, 0.15) is 41.5 Å². The summed E-state index contributed by atoms with van der Waals surface area (Å²) in [7, 11) is 0. The molecule has 0 spiro atoms. The third kappa shape index (κ3) is 2.45. The summed E-state index contributed by atoms with van der Waals surface area (Å²) < 4.78 is 0. The first kappa shape index (κ1) is 13.6. The lowest BCUT2D eigenvalue weighted by molar-refractivity contribution is -0.153. The highest BCUT2D eigenvalue weighted by Gasteiger charge is 2.41. The largest absolute Gasteiger partial charge is 0.480 e. The molecular formula is C14H21NO2S. The second-order valence-electron chi connectivity index (χ2n) is 5.40. The molecule has 0 amide bonds. The highest BCUT2D eigenvalue weighted by molar-refractivity contribution is 7.12. The number of aryl methyl sites for hydroxylation is 2. The number of aliphatic carboxylic acids is 1. The Kier molecular flexibility index (Phi) is 3.78. The van der Waals surface area contributed by atoms with E-state index in [2.05, 4.69) is 24.8 Å². The van der Waals surface area contributed by atoms with Gasteiger partial charge in [-0.25, -0.2) is 0 Å². The Labute approximate surface area is 112 Å². The van der Waals surface area contributed by atoms with Gasteiger partial charge in [-0.2, -0.15) is 0 Å². The van der Waals surface area contributed by atoms with Crippen molar-refractivity contribution >= 4 is 17.3 Å². The van der Waals surface area contributed by atoms with Crippen LogP contribution in [0, 0.1) is 13.8 Å². The zero-order chi connectivity index (χ0) is 13.3. The van der Waals surface area contributed by atoms with E-state index >= 15 is 0 Å². The van der Waals surface area contributed by atoms with Crippen LogP contribution in [0.25, 0.3) is 0 Å². The van der Waals surface area contributed by atoms with Crippen LogP contribution in [0.15, 0.2) is 6.07 Å². The van der Waals surface area contributed by atoms with Crippen molar-refractivity contribution < 1.29 is 9.90 Å². The number of carboxylic acid groups (broad SMARTS) is 1. The molecule has 0 bridgehead atoms. The van der Waals surface area contributed by atoms with Crippen LogP contribution in [-0.4, -0.2) is 28.1 Å². The van der Waals surface area contributed by atoms with E-state index in [1.54, 1.807) is 11.3 Å². The van der Waals surface area contributed by atoms with E-state index < -0.39 is 11.5 Å². The fourth-order valence-electron chi connectivity index (χ4n) is 2.72. The van der Waals surface area contributed by atoms with Gasteiger partial charge in [0.15, 0.2) is 0 Å². The van der Waals surface area contributed by atoms with E-state index in [0.29, 0.717) is 0 Å². The molecule has 0 aromatic carbocycles. The van der Waals surface area contributed by atoms with Crippen molar-refractivity contribution in [3.63, 3.8) is 0 Å². The van der Waals surface area contributed by atoms with Crippen LogP contribution < -0.4 is 0 Å². The third-order valence-electron chi connectivity index (χ3n) is 4.01. The number of carbonyl (C=O) groups is 1. The zero-order valence-electron chi connectivity index (χ0n) is 11.3. The normalized spacial score (nSPS) is 25.3. The second kappa shape index (κ2) is 5.02. The fraction of sp³-hybridized carbons (Fsp3) is 0.643. The predicted molar refractivity (Wildman–Crippen MR) is 74.1 cm³/mol. The average molecular weight is 267 g/mol. The summed E-state index contributed by atoms with van der Waals surface area (Å²) in [6, 6.07) is 2.19. The number of hydrogen-bond acceptors (Lipinski definition) is 3. The molecule has 100 valence electrons. The first-order valence-electron chi connectivity index (χ1n) is 6.48. The maximum absolute atomic E-state index is 11.5. The molecule has 1 saturated heterocycles.